The predicted molar refractivity (Wildman–Crippen MR) is 109 cm³/mol. The third-order valence-electron chi connectivity index (χ3n) is 5.01. The van der Waals surface area contributed by atoms with E-state index in [2.05, 4.69) is 0 Å². The summed E-state index contributed by atoms with van der Waals surface area (Å²) < 4.78 is 38.9. The number of rotatable bonds is 7. The molecule has 1 aliphatic heterocycles. The fourth-order valence-electron chi connectivity index (χ4n) is 3.53. The Morgan fingerprint density at radius 1 is 1.29 bits per heavy atom. The molecule has 2 aromatic rings. The molecule has 0 saturated carbocycles. The van der Waals surface area contributed by atoms with Crippen LogP contribution in [0.15, 0.2) is 35.7 Å². The van der Waals surface area contributed by atoms with Gasteiger partial charge in [-0.25, -0.2) is 12.8 Å². The Morgan fingerprint density at radius 2 is 2.00 bits per heavy atom. The number of thiophene rings is 1. The summed E-state index contributed by atoms with van der Waals surface area (Å²) in [4.78, 5) is 16.1. The van der Waals surface area contributed by atoms with Crippen LogP contribution in [0.3, 0.4) is 0 Å². The summed E-state index contributed by atoms with van der Waals surface area (Å²) in [6, 6.07) is 7.84. The van der Waals surface area contributed by atoms with Gasteiger partial charge in [0.05, 0.1) is 18.8 Å². The number of sulfonamides is 1. The minimum Gasteiger partial charge on any atom is -0.330 e. The van der Waals surface area contributed by atoms with E-state index in [4.69, 9.17) is 0 Å². The first-order chi connectivity index (χ1) is 13.3. The van der Waals surface area contributed by atoms with Gasteiger partial charge in [-0.1, -0.05) is 25.5 Å². The zero-order chi connectivity index (χ0) is 20.3. The third kappa shape index (κ3) is 4.61. The summed E-state index contributed by atoms with van der Waals surface area (Å²) in [5, 5.41) is 2.00. The molecule has 1 unspecified atom stereocenters. The van der Waals surface area contributed by atoms with Crippen LogP contribution in [-0.4, -0.2) is 49.4 Å². The van der Waals surface area contributed by atoms with Crippen LogP contribution < -0.4 is 0 Å². The van der Waals surface area contributed by atoms with Gasteiger partial charge in [0.2, 0.25) is 15.9 Å². The van der Waals surface area contributed by atoms with Gasteiger partial charge in [0.25, 0.3) is 0 Å². The Balaban J connectivity index is 1.90. The lowest BCUT2D eigenvalue weighted by atomic mass is 9.93. The quantitative estimate of drug-likeness (QED) is 0.684. The minimum absolute atomic E-state index is 0.171. The first kappa shape index (κ1) is 21.0. The highest BCUT2D eigenvalue weighted by atomic mass is 32.2. The predicted octanol–water partition coefficient (Wildman–Crippen LogP) is 3.42. The summed E-state index contributed by atoms with van der Waals surface area (Å²) in [5.74, 6) is -0.557. The van der Waals surface area contributed by atoms with E-state index in [0.29, 0.717) is 19.5 Å². The molecule has 8 heteroatoms. The van der Waals surface area contributed by atoms with E-state index in [-0.39, 0.29) is 24.3 Å². The standard InChI is InChI=1S/C20H25FN2O3S2/c1-3-4-11-22(28(2,25)26)14-19(24)23-12-9-18-17(10-13-27-18)20(23)15-5-7-16(21)8-6-15/h5-8,10,13,20H,3-4,9,11-12,14H2,1-2H3. The fourth-order valence-corrected chi connectivity index (χ4v) is 5.24. The highest BCUT2D eigenvalue weighted by Crippen LogP contribution is 2.37. The molecule has 0 spiro atoms. The highest BCUT2D eigenvalue weighted by molar-refractivity contribution is 7.88. The molecule has 3 rings (SSSR count). The molecule has 5 nitrogen and oxygen atoms in total. The molecule has 1 atom stereocenters. The van der Waals surface area contributed by atoms with Gasteiger partial charge >= 0.3 is 0 Å². The van der Waals surface area contributed by atoms with E-state index in [0.717, 1.165) is 30.2 Å². The van der Waals surface area contributed by atoms with Crippen molar-refractivity contribution in [3.05, 3.63) is 57.5 Å². The van der Waals surface area contributed by atoms with Gasteiger partial charge in [0.15, 0.2) is 0 Å². The molecular weight excluding hydrogens is 399 g/mol. The van der Waals surface area contributed by atoms with Crippen molar-refractivity contribution in [3.63, 3.8) is 0 Å². The number of nitrogens with zero attached hydrogens (tertiary/aromatic N) is 2. The van der Waals surface area contributed by atoms with E-state index in [9.17, 15) is 17.6 Å². The molecule has 1 aromatic heterocycles. The van der Waals surface area contributed by atoms with Crippen LogP contribution in [0.25, 0.3) is 0 Å². The van der Waals surface area contributed by atoms with Crippen LogP contribution >= 0.6 is 11.3 Å². The third-order valence-corrected chi connectivity index (χ3v) is 7.26. The van der Waals surface area contributed by atoms with Gasteiger partial charge in [-0.05, 0) is 47.5 Å². The average molecular weight is 425 g/mol. The molecule has 1 aromatic carbocycles. The van der Waals surface area contributed by atoms with Crippen molar-refractivity contribution in [2.45, 2.75) is 32.2 Å². The Hall–Kier alpha value is -1.77. The molecular formula is C20H25FN2O3S2. The van der Waals surface area contributed by atoms with Crippen molar-refractivity contribution < 1.29 is 17.6 Å². The number of fused-ring (bicyclic) bond motifs is 1. The molecule has 0 radical (unpaired) electrons. The van der Waals surface area contributed by atoms with Gasteiger partial charge in [0.1, 0.15) is 5.82 Å². The Bertz CT molecular complexity index is 925. The smallest absolute Gasteiger partial charge is 0.238 e. The van der Waals surface area contributed by atoms with E-state index in [1.54, 1.807) is 28.4 Å². The maximum atomic E-state index is 13.4. The van der Waals surface area contributed by atoms with Crippen LogP contribution in [0.2, 0.25) is 0 Å². The van der Waals surface area contributed by atoms with E-state index >= 15 is 0 Å². The first-order valence-electron chi connectivity index (χ1n) is 9.37. The number of amides is 1. The Morgan fingerprint density at radius 3 is 2.64 bits per heavy atom. The van der Waals surface area contributed by atoms with Gasteiger partial charge in [-0.2, -0.15) is 4.31 Å². The maximum Gasteiger partial charge on any atom is 0.238 e. The molecule has 0 aliphatic carbocycles. The maximum absolute atomic E-state index is 13.4. The highest BCUT2D eigenvalue weighted by Gasteiger charge is 2.34. The Labute approximate surface area is 169 Å². The molecule has 0 bridgehead atoms. The molecule has 1 aliphatic rings. The van der Waals surface area contributed by atoms with Crippen molar-refractivity contribution in [1.29, 1.82) is 0 Å². The molecule has 1 amide bonds. The largest absolute Gasteiger partial charge is 0.330 e. The molecule has 28 heavy (non-hydrogen) atoms. The number of unbranched alkanes of at least 4 members (excludes halogenated alkanes) is 1. The minimum atomic E-state index is -3.47. The van der Waals surface area contributed by atoms with Crippen molar-refractivity contribution in [2.75, 3.05) is 25.9 Å². The summed E-state index contributed by atoms with van der Waals surface area (Å²) in [5.41, 5.74) is 1.87. The first-order valence-corrected chi connectivity index (χ1v) is 12.1. The van der Waals surface area contributed by atoms with Crippen LogP contribution in [0.4, 0.5) is 4.39 Å². The van der Waals surface area contributed by atoms with Gasteiger partial charge in [-0.15, -0.1) is 11.3 Å². The van der Waals surface area contributed by atoms with Crippen LogP contribution in [0, 0.1) is 5.82 Å². The zero-order valence-electron chi connectivity index (χ0n) is 16.1. The fraction of sp³-hybridized carbons (Fsp3) is 0.450. The van der Waals surface area contributed by atoms with Gasteiger partial charge in [-0.3, -0.25) is 4.79 Å². The topological polar surface area (TPSA) is 57.7 Å². The molecule has 0 N–H and O–H groups in total. The van der Waals surface area contributed by atoms with Crippen molar-refractivity contribution in [3.8, 4) is 0 Å². The second kappa shape index (κ2) is 8.71. The number of carbonyl (C=O) groups excluding carboxylic acids is 1. The van der Waals surface area contributed by atoms with E-state index in [1.807, 2.05) is 18.4 Å². The normalized spacial score (nSPS) is 17.0. The van der Waals surface area contributed by atoms with Crippen molar-refractivity contribution in [2.24, 2.45) is 0 Å². The molecule has 152 valence electrons. The lowest BCUT2D eigenvalue weighted by Gasteiger charge is -2.37. The molecule has 0 fully saturated rings. The van der Waals surface area contributed by atoms with Gasteiger partial charge in [0, 0.05) is 18.0 Å². The zero-order valence-corrected chi connectivity index (χ0v) is 17.7. The number of carbonyl (C=O) groups is 1. The number of hydrogen-bond donors (Lipinski definition) is 0. The van der Waals surface area contributed by atoms with Crippen molar-refractivity contribution >= 4 is 27.3 Å². The molecule has 2 heterocycles. The van der Waals surface area contributed by atoms with Crippen LogP contribution in [-0.2, 0) is 21.2 Å². The lowest BCUT2D eigenvalue weighted by Crippen LogP contribution is -2.46. The van der Waals surface area contributed by atoms with Crippen LogP contribution in [0.5, 0.6) is 0 Å². The van der Waals surface area contributed by atoms with Gasteiger partial charge < -0.3 is 4.90 Å². The summed E-state index contributed by atoms with van der Waals surface area (Å²) in [7, 11) is -3.47. The SMILES string of the molecule is CCCCN(CC(=O)N1CCc2sccc2C1c1ccc(F)cc1)S(C)(=O)=O. The summed E-state index contributed by atoms with van der Waals surface area (Å²) >= 11 is 1.65. The lowest BCUT2D eigenvalue weighted by molar-refractivity contribution is -0.133. The van der Waals surface area contributed by atoms with Crippen molar-refractivity contribution in [1.82, 2.24) is 9.21 Å². The summed E-state index contributed by atoms with van der Waals surface area (Å²) in [6.07, 6.45) is 3.43. The second-order valence-corrected chi connectivity index (χ2v) is 10.0. The van der Waals surface area contributed by atoms with E-state index in [1.165, 1.54) is 21.3 Å². The number of hydrogen-bond acceptors (Lipinski definition) is 4. The number of halogens is 1. The average Bonchev–Trinajstić information content (AvgIpc) is 3.12. The molecule has 0 saturated heterocycles. The second-order valence-electron chi connectivity index (χ2n) is 7.04. The van der Waals surface area contributed by atoms with Crippen LogP contribution in [0.1, 0.15) is 41.8 Å². The number of benzene rings is 1. The monoisotopic (exact) mass is 424 g/mol. The van der Waals surface area contributed by atoms with E-state index < -0.39 is 10.0 Å². The summed E-state index contributed by atoms with van der Waals surface area (Å²) in [6.45, 7) is 2.66. The Kier molecular flexibility index (Phi) is 6.52.